The minimum Gasteiger partial charge on any atom is -0.449 e. The van der Waals surface area contributed by atoms with Crippen LogP contribution < -0.4 is 0 Å². The minimum atomic E-state index is -0.802. The average molecular weight is 382 g/mol. The molecule has 0 aliphatic rings. The number of benzene rings is 1. The number of hydrogen-bond acceptors (Lipinski definition) is 6. The molecule has 0 spiro atoms. The van der Waals surface area contributed by atoms with Crippen molar-refractivity contribution in [2.45, 2.75) is 13.0 Å². The van der Waals surface area contributed by atoms with E-state index in [1.165, 1.54) is 36.5 Å². The third-order valence-electron chi connectivity index (χ3n) is 3.20. The Balaban J connectivity index is 1.73. The standard InChI is InChI=1S/C16H10Cl2FN3O3/c1-8(24-16(23)10-6-12(17)13(18)20-7-10)14-21-22-15(25-14)9-2-4-11(19)5-3-9/h2-8H,1H3/t8-/m1/s1. The zero-order chi connectivity index (χ0) is 18.0. The highest BCUT2D eigenvalue weighted by Crippen LogP contribution is 2.24. The Bertz CT molecular complexity index is 915. The van der Waals surface area contributed by atoms with Gasteiger partial charge in [-0.25, -0.2) is 14.2 Å². The van der Waals surface area contributed by atoms with Crippen molar-refractivity contribution >= 4 is 29.2 Å². The van der Waals surface area contributed by atoms with Crippen molar-refractivity contribution in [2.24, 2.45) is 0 Å². The van der Waals surface area contributed by atoms with E-state index in [4.69, 9.17) is 32.4 Å². The number of aromatic nitrogens is 3. The predicted octanol–water partition coefficient (Wildman–Crippen LogP) is 4.50. The molecule has 2 heterocycles. The van der Waals surface area contributed by atoms with E-state index in [0.29, 0.717) is 5.56 Å². The van der Waals surface area contributed by atoms with Gasteiger partial charge in [-0.15, -0.1) is 10.2 Å². The Labute approximate surface area is 151 Å². The number of carbonyl (C=O) groups excluding carboxylic acids is 1. The van der Waals surface area contributed by atoms with Gasteiger partial charge >= 0.3 is 5.97 Å². The number of nitrogens with zero attached hydrogens (tertiary/aromatic N) is 3. The Morgan fingerprint density at radius 1 is 1.24 bits per heavy atom. The highest BCUT2D eigenvalue weighted by atomic mass is 35.5. The van der Waals surface area contributed by atoms with Gasteiger partial charge in [0.25, 0.3) is 5.89 Å². The fourth-order valence-electron chi connectivity index (χ4n) is 1.92. The van der Waals surface area contributed by atoms with Crippen LogP contribution in [0.2, 0.25) is 10.2 Å². The number of hydrogen-bond donors (Lipinski definition) is 0. The van der Waals surface area contributed by atoms with Gasteiger partial charge in [-0.2, -0.15) is 0 Å². The average Bonchev–Trinajstić information content (AvgIpc) is 3.08. The van der Waals surface area contributed by atoms with Crippen LogP contribution in [0.5, 0.6) is 0 Å². The molecule has 0 bridgehead atoms. The second-order valence-corrected chi connectivity index (χ2v) is 5.76. The number of ether oxygens (including phenoxy) is 1. The molecule has 0 amide bonds. The van der Waals surface area contributed by atoms with Gasteiger partial charge in [-0.1, -0.05) is 23.2 Å². The maximum absolute atomic E-state index is 12.9. The van der Waals surface area contributed by atoms with Crippen LogP contribution in [0.1, 0.15) is 29.3 Å². The van der Waals surface area contributed by atoms with Gasteiger partial charge in [0.05, 0.1) is 10.6 Å². The minimum absolute atomic E-state index is 0.0899. The Morgan fingerprint density at radius 2 is 1.96 bits per heavy atom. The smallest absolute Gasteiger partial charge is 0.340 e. The topological polar surface area (TPSA) is 78.1 Å². The molecule has 0 N–H and O–H groups in total. The van der Waals surface area contributed by atoms with Gasteiger partial charge in [0.1, 0.15) is 11.0 Å². The lowest BCUT2D eigenvalue weighted by atomic mass is 10.2. The fraction of sp³-hybridized carbons (Fsp3) is 0.125. The molecule has 3 rings (SSSR count). The maximum Gasteiger partial charge on any atom is 0.340 e. The Hall–Kier alpha value is -2.51. The summed E-state index contributed by atoms with van der Waals surface area (Å²) in [5, 5.41) is 7.93. The number of pyridine rings is 1. The van der Waals surface area contributed by atoms with Gasteiger partial charge in [0, 0.05) is 11.8 Å². The van der Waals surface area contributed by atoms with E-state index in [2.05, 4.69) is 15.2 Å². The summed E-state index contributed by atoms with van der Waals surface area (Å²) in [7, 11) is 0. The van der Waals surface area contributed by atoms with E-state index in [-0.39, 0.29) is 33.3 Å². The summed E-state index contributed by atoms with van der Waals surface area (Å²) in [6.07, 6.45) is 0.449. The second kappa shape index (κ2) is 7.16. The first-order valence-corrected chi connectivity index (χ1v) is 7.81. The number of carbonyl (C=O) groups is 1. The first kappa shape index (κ1) is 17.3. The maximum atomic E-state index is 12.9. The fourth-order valence-corrected chi connectivity index (χ4v) is 2.19. The molecule has 0 aliphatic carbocycles. The molecule has 3 aromatic rings. The van der Waals surface area contributed by atoms with E-state index in [9.17, 15) is 9.18 Å². The van der Waals surface area contributed by atoms with Gasteiger partial charge in [-0.05, 0) is 37.3 Å². The molecule has 9 heteroatoms. The van der Waals surface area contributed by atoms with Crippen LogP contribution in [-0.2, 0) is 4.74 Å². The summed E-state index contributed by atoms with van der Waals surface area (Å²) in [4.78, 5) is 15.9. The first-order chi connectivity index (χ1) is 11.9. The largest absolute Gasteiger partial charge is 0.449 e. The molecule has 0 aliphatic heterocycles. The Kier molecular flexibility index (Phi) is 4.96. The van der Waals surface area contributed by atoms with E-state index < -0.39 is 12.1 Å². The van der Waals surface area contributed by atoms with Crippen LogP contribution in [0.4, 0.5) is 4.39 Å². The molecule has 2 aromatic heterocycles. The molecule has 0 radical (unpaired) electrons. The second-order valence-electron chi connectivity index (χ2n) is 5.00. The van der Waals surface area contributed by atoms with Gasteiger partial charge in [0.2, 0.25) is 5.89 Å². The molecular weight excluding hydrogens is 372 g/mol. The van der Waals surface area contributed by atoms with Gasteiger partial charge in [-0.3, -0.25) is 0 Å². The van der Waals surface area contributed by atoms with Crippen molar-refractivity contribution in [3.05, 3.63) is 64.0 Å². The lowest BCUT2D eigenvalue weighted by molar-refractivity contribution is 0.0279. The molecule has 0 saturated carbocycles. The van der Waals surface area contributed by atoms with E-state index in [1.807, 2.05) is 0 Å². The first-order valence-electron chi connectivity index (χ1n) is 7.05. The Morgan fingerprint density at radius 3 is 2.64 bits per heavy atom. The van der Waals surface area contributed by atoms with Crippen LogP contribution >= 0.6 is 23.2 Å². The lowest BCUT2D eigenvalue weighted by Gasteiger charge is -2.09. The highest BCUT2D eigenvalue weighted by molar-refractivity contribution is 6.41. The summed E-state index contributed by atoms with van der Waals surface area (Å²) in [6, 6.07) is 6.92. The summed E-state index contributed by atoms with van der Waals surface area (Å²) in [5.41, 5.74) is 0.687. The number of halogens is 3. The summed E-state index contributed by atoms with van der Waals surface area (Å²) in [5.74, 6) is -0.754. The summed E-state index contributed by atoms with van der Waals surface area (Å²) < 4.78 is 23.7. The highest BCUT2D eigenvalue weighted by Gasteiger charge is 2.20. The molecule has 1 atom stereocenters. The lowest BCUT2D eigenvalue weighted by Crippen LogP contribution is -2.10. The third-order valence-corrected chi connectivity index (χ3v) is 3.88. The van der Waals surface area contributed by atoms with E-state index in [0.717, 1.165) is 0 Å². The van der Waals surface area contributed by atoms with Crippen LogP contribution in [0.25, 0.3) is 11.5 Å². The molecule has 0 fully saturated rings. The molecule has 0 unspecified atom stereocenters. The van der Waals surface area contributed by atoms with Crippen molar-refractivity contribution in [1.82, 2.24) is 15.2 Å². The zero-order valence-corrected chi connectivity index (χ0v) is 14.3. The van der Waals surface area contributed by atoms with Crippen LogP contribution in [-0.4, -0.2) is 21.2 Å². The zero-order valence-electron chi connectivity index (χ0n) is 12.7. The number of esters is 1. The normalized spacial score (nSPS) is 12.0. The van der Waals surface area contributed by atoms with Crippen molar-refractivity contribution in [2.75, 3.05) is 0 Å². The third kappa shape index (κ3) is 3.94. The van der Waals surface area contributed by atoms with Crippen LogP contribution in [0, 0.1) is 5.82 Å². The molecular formula is C16H10Cl2FN3O3. The summed E-state index contributed by atoms with van der Waals surface area (Å²) in [6.45, 7) is 1.57. The molecule has 25 heavy (non-hydrogen) atoms. The monoisotopic (exact) mass is 381 g/mol. The summed E-state index contributed by atoms with van der Waals surface area (Å²) >= 11 is 11.5. The quantitative estimate of drug-likeness (QED) is 0.489. The van der Waals surface area contributed by atoms with Crippen molar-refractivity contribution in [1.29, 1.82) is 0 Å². The molecule has 1 aromatic carbocycles. The molecule has 6 nitrogen and oxygen atoms in total. The molecule has 128 valence electrons. The van der Waals surface area contributed by atoms with Crippen molar-refractivity contribution in [3.8, 4) is 11.5 Å². The van der Waals surface area contributed by atoms with E-state index >= 15 is 0 Å². The van der Waals surface area contributed by atoms with Gasteiger partial charge in [0.15, 0.2) is 6.10 Å². The number of rotatable bonds is 4. The van der Waals surface area contributed by atoms with Crippen molar-refractivity contribution in [3.63, 3.8) is 0 Å². The van der Waals surface area contributed by atoms with E-state index in [1.54, 1.807) is 6.92 Å². The van der Waals surface area contributed by atoms with Gasteiger partial charge < -0.3 is 9.15 Å². The van der Waals surface area contributed by atoms with Crippen LogP contribution in [0.15, 0.2) is 40.9 Å². The predicted molar refractivity (Wildman–Crippen MR) is 87.8 cm³/mol. The van der Waals surface area contributed by atoms with Crippen molar-refractivity contribution < 1.29 is 18.3 Å². The van der Waals surface area contributed by atoms with Crippen LogP contribution in [0.3, 0.4) is 0 Å². The SMILES string of the molecule is C[C@@H](OC(=O)c1cnc(Cl)c(Cl)c1)c1nnc(-c2ccc(F)cc2)o1. The molecule has 0 saturated heterocycles.